The molecular formula is C20H18N2O6. The van der Waals surface area contributed by atoms with Crippen LogP contribution in [-0.2, 0) is 0 Å². The number of phenols is 4. The first-order valence-electron chi connectivity index (χ1n) is 8.39. The first-order chi connectivity index (χ1) is 13.4. The maximum atomic E-state index is 12.3. The van der Waals surface area contributed by atoms with Gasteiger partial charge in [0.05, 0.1) is 17.2 Å². The van der Waals surface area contributed by atoms with Gasteiger partial charge in [0.1, 0.15) is 0 Å². The Balaban J connectivity index is 1.71. The van der Waals surface area contributed by atoms with Crippen molar-refractivity contribution >= 4 is 11.8 Å². The summed E-state index contributed by atoms with van der Waals surface area (Å²) in [4.78, 5) is 24.6. The number of amides is 2. The first-order valence-corrected chi connectivity index (χ1v) is 8.39. The monoisotopic (exact) mass is 382 g/mol. The molecule has 2 amide bonds. The molecule has 1 aliphatic rings. The summed E-state index contributed by atoms with van der Waals surface area (Å²) in [6.45, 7) is 0. The van der Waals surface area contributed by atoms with Gasteiger partial charge in [-0.25, -0.2) is 0 Å². The Labute approximate surface area is 160 Å². The predicted molar refractivity (Wildman–Crippen MR) is 100 cm³/mol. The van der Waals surface area contributed by atoms with E-state index in [9.17, 15) is 30.0 Å². The topological polar surface area (TPSA) is 139 Å². The van der Waals surface area contributed by atoms with Gasteiger partial charge in [-0.15, -0.1) is 0 Å². The Morgan fingerprint density at radius 1 is 0.857 bits per heavy atom. The van der Waals surface area contributed by atoms with Gasteiger partial charge in [0.15, 0.2) is 23.0 Å². The lowest BCUT2D eigenvalue weighted by atomic mass is 10.0. The van der Waals surface area contributed by atoms with E-state index in [-0.39, 0.29) is 11.1 Å². The Morgan fingerprint density at radius 3 is 2.04 bits per heavy atom. The average molecular weight is 382 g/mol. The lowest BCUT2D eigenvalue weighted by Crippen LogP contribution is -2.35. The molecule has 0 fully saturated rings. The SMILES string of the molecule is O=C(NC1=C[C@H](NC(=O)c2cccc(O)c2O)CC=C1)c1cccc(O)c1O. The molecule has 0 unspecified atom stereocenters. The van der Waals surface area contributed by atoms with Gasteiger partial charge in [-0.2, -0.15) is 0 Å². The second-order valence-electron chi connectivity index (χ2n) is 6.14. The summed E-state index contributed by atoms with van der Waals surface area (Å²) in [7, 11) is 0. The van der Waals surface area contributed by atoms with Crippen LogP contribution < -0.4 is 10.6 Å². The number of carbonyl (C=O) groups is 2. The molecule has 1 aliphatic carbocycles. The zero-order valence-corrected chi connectivity index (χ0v) is 14.6. The quantitative estimate of drug-likeness (QED) is 0.446. The fourth-order valence-corrected chi connectivity index (χ4v) is 2.74. The van der Waals surface area contributed by atoms with Crippen molar-refractivity contribution < 1.29 is 30.0 Å². The normalized spacial score (nSPS) is 15.6. The van der Waals surface area contributed by atoms with Crippen LogP contribution in [0.15, 0.2) is 60.3 Å². The van der Waals surface area contributed by atoms with Crippen molar-refractivity contribution in [3.05, 3.63) is 71.5 Å². The molecule has 0 bridgehead atoms. The van der Waals surface area contributed by atoms with E-state index < -0.39 is 40.9 Å². The van der Waals surface area contributed by atoms with Gasteiger partial charge < -0.3 is 31.1 Å². The molecular weight excluding hydrogens is 364 g/mol. The molecule has 1 atom stereocenters. The number of rotatable bonds is 4. The van der Waals surface area contributed by atoms with Gasteiger partial charge in [0.25, 0.3) is 11.8 Å². The number of aromatic hydroxyl groups is 4. The zero-order chi connectivity index (χ0) is 20.3. The lowest BCUT2D eigenvalue weighted by Gasteiger charge is -2.19. The van der Waals surface area contributed by atoms with E-state index in [1.165, 1.54) is 36.4 Å². The Bertz CT molecular complexity index is 996. The third-order valence-electron chi connectivity index (χ3n) is 4.16. The lowest BCUT2D eigenvalue weighted by molar-refractivity contribution is 0.0940. The van der Waals surface area contributed by atoms with Crippen LogP contribution in [0.4, 0.5) is 0 Å². The van der Waals surface area contributed by atoms with Crippen LogP contribution in [-0.4, -0.2) is 38.3 Å². The highest BCUT2D eigenvalue weighted by Crippen LogP contribution is 2.29. The molecule has 0 heterocycles. The second-order valence-corrected chi connectivity index (χ2v) is 6.14. The third kappa shape index (κ3) is 3.90. The van der Waals surface area contributed by atoms with E-state index in [4.69, 9.17) is 0 Å². The second kappa shape index (κ2) is 7.75. The molecule has 0 aromatic heterocycles. The molecule has 0 saturated carbocycles. The van der Waals surface area contributed by atoms with Crippen LogP contribution in [0.3, 0.4) is 0 Å². The third-order valence-corrected chi connectivity index (χ3v) is 4.16. The molecule has 0 saturated heterocycles. The minimum atomic E-state index is -0.623. The van der Waals surface area contributed by atoms with Gasteiger partial charge in [-0.1, -0.05) is 18.2 Å². The number of nitrogens with one attached hydrogen (secondary N) is 2. The van der Waals surface area contributed by atoms with Gasteiger partial charge >= 0.3 is 0 Å². The average Bonchev–Trinajstić information content (AvgIpc) is 2.66. The number of para-hydroxylation sites is 2. The van der Waals surface area contributed by atoms with Gasteiger partial charge in [-0.3, -0.25) is 9.59 Å². The fourth-order valence-electron chi connectivity index (χ4n) is 2.74. The summed E-state index contributed by atoms with van der Waals surface area (Å²) >= 11 is 0. The van der Waals surface area contributed by atoms with Crippen LogP contribution in [0.25, 0.3) is 0 Å². The molecule has 2 aromatic carbocycles. The van der Waals surface area contributed by atoms with Crippen molar-refractivity contribution in [1.29, 1.82) is 0 Å². The van der Waals surface area contributed by atoms with Gasteiger partial charge in [0.2, 0.25) is 0 Å². The zero-order valence-electron chi connectivity index (χ0n) is 14.6. The molecule has 0 radical (unpaired) electrons. The van der Waals surface area contributed by atoms with Crippen molar-refractivity contribution in [3.63, 3.8) is 0 Å². The highest BCUT2D eigenvalue weighted by atomic mass is 16.3. The van der Waals surface area contributed by atoms with Crippen molar-refractivity contribution in [2.75, 3.05) is 0 Å². The summed E-state index contributed by atoms with van der Waals surface area (Å²) in [6.07, 6.45) is 5.45. The summed E-state index contributed by atoms with van der Waals surface area (Å²) in [6, 6.07) is 7.66. The maximum Gasteiger partial charge on any atom is 0.259 e. The fraction of sp³-hybridized carbons (Fsp3) is 0.100. The van der Waals surface area contributed by atoms with Crippen LogP contribution in [0.2, 0.25) is 0 Å². The van der Waals surface area contributed by atoms with E-state index in [0.29, 0.717) is 12.1 Å². The van der Waals surface area contributed by atoms with Crippen molar-refractivity contribution in [1.82, 2.24) is 10.6 Å². The first kappa shape index (κ1) is 18.8. The summed E-state index contributed by atoms with van der Waals surface area (Å²) in [5, 5.41) is 43.9. The van der Waals surface area contributed by atoms with Crippen LogP contribution in [0.1, 0.15) is 27.1 Å². The summed E-state index contributed by atoms with van der Waals surface area (Å²) in [5.74, 6) is -3.04. The van der Waals surface area contributed by atoms with Crippen molar-refractivity contribution in [2.24, 2.45) is 0 Å². The molecule has 144 valence electrons. The van der Waals surface area contributed by atoms with Crippen LogP contribution in [0, 0.1) is 0 Å². The number of allylic oxidation sites excluding steroid dienone is 1. The molecule has 28 heavy (non-hydrogen) atoms. The van der Waals surface area contributed by atoms with Crippen LogP contribution >= 0.6 is 0 Å². The number of hydrogen-bond donors (Lipinski definition) is 6. The van der Waals surface area contributed by atoms with E-state index >= 15 is 0 Å². The molecule has 8 nitrogen and oxygen atoms in total. The summed E-state index contributed by atoms with van der Waals surface area (Å²) < 4.78 is 0. The predicted octanol–water partition coefficient (Wildman–Crippen LogP) is 1.88. The summed E-state index contributed by atoms with van der Waals surface area (Å²) in [5.41, 5.74) is 0.229. The molecule has 0 spiro atoms. The van der Waals surface area contributed by atoms with E-state index in [0.717, 1.165) is 0 Å². The van der Waals surface area contributed by atoms with Crippen molar-refractivity contribution in [3.8, 4) is 23.0 Å². The Hall–Kier alpha value is -3.94. The molecule has 2 aromatic rings. The standard InChI is InChI=1S/C20H18N2O6/c23-15-8-2-6-13(17(15)25)19(27)21-11-4-1-5-12(10-11)22-20(28)14-7-3-9-16(24)18(14)26/h1-4,6-10,12,23-26H,5H2,(H,21,27)(H,22,28)/t12-/m1/s1. The minimum Gasteiger partial charge on any atom is -0.504 e. The van der Waals surface area contributed by atoms with Gasteiger partial charge in [-0.05, 0) is 42.8 Å². The number of phenolic OH excluding ortho intramolecular Hbond substituents is 4. The molecule has 3 rings (SSSR count). The highest BCUT2D eigenvalue weighted by molar-refractivity contribution is 5.99. The Kier molecular flexibility index (Phi) is 5.21. The van der Waals surface area contributed by atoms with E-state index in [2.05, 4.69) is 10.6 Å². The molecule has 0 aliphatic heterocycles. The molecule has 6 N–H and O–H groups in total. The number of carbonyl (C=O) groups excluding carboxylic acids is 2. The van der Waals surface area contributed by atoms with E-state index in [1.54, 1.807) is 18.2 Å². The number of benzene rings is 2. The largest absolute Gasteiger partial charge is 0.504 e. The smallest absolute Gasteiger partial charge is 0.259 e. The maximum absolute atomic E-state index is 12.3. The minimum absolute atomic E-state index is 0.0711. The van der Waals surface area contributed by atoms with Gasteiger partial charge in [0, 0.05) is 5.70 Å². The number of hydrogen-bond acceptors (Lipinski definition) is 6. The molecule has 8 heteroatoms. The highest BCUT2D eigenvalue weighted by Gasteiger charge is 2.20. The van der Waals surface area contributed by atoms with E-state index in [1.807, 2.05) is 0 Å². The Morgan fingerprint density at radius 2 is 1.43 bits per heavy atom. The van der Waals surface area contributed by atoms with Crippen LogP contribution in [0.5, 0.6) is 23.0 Å². The van der Waals surface area contributed by atoms with Crippen molar-refractivity contribution in [2.45, 2.75) is 12.5 Å².